The van der Waals surface area contributed by atoms with Crippen molar-refractivity contribution in [1.29, 1.82) is 0 Å². The third-order valence-electron chi connectivity index (χ3n) is 5.61. The normalized spacial score (nSPS) is 14.4. The maximum Gasteiger partial charge on any atom is 0.335 e. The molecule has 0 aliphatic carbocycles. The number of rotatable bonds is 7. The molecule has 178 valence electrons. The Bertz CT molecular complexity index is 1060. The molecule has 3 aromatic rings. The van der Waals surface area contributed by atoms with Gasteiger partial charge in [-0.15, -0.1) is 0 Å². The molecule has 0 radical (unpaired) electrons. The number of carbonyl (C=O) groups is 2. The molecule has 3 N–H and O–H groups in total. The number of phenolic OH excluding ortho intramolecular Hbond substituents is 1. The van der Waals surface area contributed by atoms with Crippen LogP contribution in [0, 0.1) is 0 Å². The molecular weight excluding hydrogens is 432 g/mol. The molecule has 1 aliphatic rings. The molecule has 1 heterocycles. The molecule has 3 aromatic carbocycles. The van der Waals surface area contributed by atoms with Crippen LogP contribution >= 0.6 is 0 Å². The standard InChI is InChI=1S/C17H19NO2.C10H11NO3/c19-17-6-4-15(5-7-17)16-3-1-2-14(12-16)13-18-8-10-20-11-9-18;1-7(11-6-12)8-2-4-9(5-3-8)10(13)14/h1-7,12,19H,8-11,13H2;2-7H,1H3,(H,11,12)(H,13,14). The molecule has 7 nitrogen and oxygen atoms in total. The van der Waals surface area contributed by atoms with E-state index in [9.17, 15) is 14.7 Å². The fourth-order valence-electron chi connectivity index (χ4n) is 3.63. The van der Waals surface area contributed by atoms with E-state index in [-0.39, 0.29) is 11.6 Å². The molecule has 1 amide bonds. The van der Waals surface area contributed by atoms with Crippen LogP contribution in [-0.2, 0) is 16.1 Å². The van der Waals surface area contributed by atoms with E-state index in [1.54, 1.807) is 24.3 Å². The van der Waals surface area contributed by atoms with E-state index in [2.05, 4.69) is 34.5 Å². The number of carboxylic acids is 1. The highest BCUT2D eigenvalue weighted by Gasteiger charge is 2.11. The van der Waals surface area contributed by atoms with Crippen molar-refractivity contribution >= 4 is 12.4 Å². The second-order valence-corrected chi connectivity index (χ2v) is 8.07. The smallest absolute Gasteiger partial charge is 0.335 e. The molecule has 1 saturated heterocycles. The van der Waals surface area contributed by atoms with E-state index in [4.69, 9.17) is 9.84 Å². The van der Waals surface area contributed by atoms with Crippen LogP contribution in [-0.4, -0.2) is 53.8 Å². The lowest BCUT2D eigenvalue weighted by Gasteiger charge is -2.26. The highest BCUT2D eigenvalue weighted by atomic mass is 16.5. The summed E-state index contributed by atoms with van der Waals surface area (Å²) in [7, 11) is 0. The van der Waals surface area contributed by atoms with Crippen molar-refractivity contribution in [3.63, 3.8) is 0 Å². The number of amides is 1. The van der Waals surface area contributed by atoms with Gasteiger partial charge in [-0.05, 0) is 59.5 Å². The fraction of sp³-hybridized carbons (Fsp3) is 0.259. The number of hydrogen-bond donors (Lipinski definition) is 3. The number of hydrogen-bond acceptors (Lipinski definition) is 5. The maximum atomic E-state index is 10.5. The van der Waals surface area contributed by atoms with E-state index < -0.39 is 5.97 Å². The number of aromatic carboxylic acids is 1. The third-order valence-corrected chi connectivity index (χ3v) is 5.61. The zero-order valence-corrected chi connectivity index (χ0v) is 19.2. The Morgan fingerprint density at radius 1 is 1.03 bits per heavy atom. The second kappa shape index (κ2) is 12.5. The number of morpholine rings is 1. The molecule has 1 aliphatic heterocycles. The van der Waals surface area contributed by atoms with Crippen LogP contribution in [0.2, 0.25) is 0 Å². The predicted octanol–water partition coefficient (Wildman–Crippen LogP) is 4.08. The van der Waals surface area contributed by atoms with E-state index in [0.717, 1.165) is 44.0 Å². The quantitative estimate of drug-likeness (QED) is 0.458. The van der Waals surface area contributed by atoms with Crippen molar-refractivity contribution in [2.24, 2.45) is 0 Å². The Kier molecular flexibility index (Phi) is 9.20. The highest BCUT2D eigenvalue weighted by molar-refractivity contribution is 5.87. The predicted molar refractivity (Wildman–Crippen MR) is 131 cm³/mol. The second-order valence-electron chi connectivity index (χ2n) is 8.07. The van der Waals surface area contributed by atoms with Crippen molar-refractivity contribution in [3.8, 4) is 16.9 Å². The minimum Gasteiger partial charge on any atom is -0.508 e. The summed E-state index contributed by atoms with van der Waals surface area (Å²) >= 11 is 0. The summed E-state index contributed by atoms with van der Waals surface area (Å²) in [5.74, 6) is -0.647. The maximum absolute atomic E-state index is 10.5. The Balaban J connectivity index is 0.000000204. The Morgan fingerprint density at radius 2 is 1.71 bits per heavy atom. The van der Waals surface area contributed by atoms with Crippen LogP contribution in [0.1, 0.15) is 34.5 Å². The summed E-state index contributed by atoms with van der Waals surface area (Å²) in [5.41, 5.74) is 4.76. The number of ether oxygens (including phenoxy) is 1. The van der Waals surface area contributed by atoms with Gasteiger partial charge >= 0.3 is 5.97 Å². The monoisotopic (exact) mass is 462 g/mol. The minimum absolute atomic E-state index is 0.102. The Hall–Kier alpha value is -3.68. The minimum atomic E-state index is -0.951. The average Bonchev–Trinajstić information content (AvgIpc) is 2.86. The fourth-order valence-corrected chi connectivity index (χ4v) is 3.63. The molecule has 0 saturated carbocycles. The van der Waals surface area contributed by atoms with Crippen molar-refractivity contribution in [3.05, 3.63) is 89.5 Å². The first kappa shape index (κ1) is 25.0. The average molecular weight is 463 g/mol. The Morgan fingerprint density at radius 3 is 2.32 bits per heavy atom. The first-order valence-electron chi connectivity index (χ1n) is 11.2. The van der Waals surface area contributed by atoms with Gasteiger partial charge < -0.3 is 20.3 Å². The molecule has 7 heteroatoms. The summed E-state index contributed by atoms with van der Waals surface area (Å²) in [5, 5.41) is 20.6. The lowest BCUT2D eigenvalue weighted by molar-refractivity contribution is -0.110. The molecule has 0 bridgehead atoms. The number of nitrogens with one attached hydrogen (secondary N) is 1. The lowest BCUT2D eigenvalue weighted by Crippen LogP contribution is -2.35. The first-order valence-corrected chi connectivity index (χ1v) is 11.2. The molecule has 1 atom stereocenters. The molecular formula is C27H30N2O5. The zero-order valence-electron chi connectivity index (χ0n) is 19.2. The van der Waals surface area contributed by atoms with Crippen molar-refractivity contribution < 1.29 is 24.5 Å². The number of carboxylic acid groups (broad SMARTS) is 1. The molecule has 0 aromatic heterocycles. The summed E-state index contributed by atoms with van der Waals surface area (Å²) in [6.45, 7) is 6.46. The third kappa shape index (κ3) is 7.43. The molecule has 34 heavy (non-hydrogen) atoms. The lowest BCUT2D eigenvalue weighted by atomic mass is 10.0. The SMILES string of the molecule is CC(NC=O)c1ccc(C(=O)O)cc1.Oc1ccc(-c2cccc(CN3CCOCC3)c2)cc1. The highest BCUT2D eigenvalue weighted by Crippen LogP contribution is 2.23. The molecule has 1 unspecified atom stereocenters. The summed E-state index contributed by atoms with van der Waals surface area (Å²) in [6.07, 6.45) is 0.621. The first-order chi connectivity index (χ1) is 16.5. The van der Waals surface area contributed by atoms with Gasteiger partial charge in [0.1, 0.15) is 5.75 Å². The number of benzene rings is 3. The van der Waals surface area contributed by atoms with E-state index in [0.29, 0.717) is 12.2 Å². The van der Waals surface area contributed by atoms with Crippen molar-refractivity contribution in [1.82, 2.24) is 10.2 Å². The number of aromatic hydroxyl groups is 1. The summed E-state index contributed by atoms with van der Waals surface area (Å²) < 4.78 is 5.38. The number of carbonyl (C=O) groups excluding carboxylic acids is 1. The van der Waals surface area contributed by atoms with E-state index in [1.165, 1.54) is 23.3 Å². The van der Waals surface area contributed by atoms with Crippen LogP contribution in [0.3, 0.4) is 0 Å². The van der Waals surface area contributed by atoms with Gasteiger partial charge in [0.25, 0.3) is 0 Å². The van der Waals surface area contributed by atoms with Crippen LogP contribution in [0.4, 0.5) is 0 Å². The zero-order chi connectivity index (χ0) is 24.3. The molecule has 0 spiro atoms. The van der Waals surface area contributed by atoms with Gasteiger partial charge in [-0.1, -0.05) is 42.5 Å². The van der Waals surface area contributed by atoms with E-state index in [1.807, 2.05) is 19.1 Å². The van der Waals surface area contributed by atoms with Gasteiger partial charge in [0, 0.05) is 19.6 Å². The van der Waals surface area contributed by atoms with Crippen LogP contribution < -0.4 is 5.32 Å². The van der Waals surface area contributed by atoms with Crippen molar-refractivity contribution in [2.75, 3.05) is 26.3 Å². The van der Waals surface area contributed by atoms with Gasteiger partial charge in [-0.25, -0.2) is 4.79 Å². The number of nitrogens with zero attached hydrogens (tertiary/aromatic N) is 1. The van der Waals surface area contributed by atoms with Crippen LogP contribution in [0.5, 0.6) is 5.75 Å². The van der Waals surface area contributed by atoms with Gasteiger partial charge in [0.15, 0.2) is 0 Å². The van der Waals surface area contributed by atoms with Gasteiger partial charge in [-0.3, -0.25) is 9.69 Å². The Labute approximate surface area is 199 Å². The van der Waals surface area contributed by atoms with Gasteiger partial charge in [0.05, 0.1) is 24.8 Å². The largest absolute Gasteiger partial charge is 0.508 e. The van der Waals surface area contributed by atoms with Gasteiger partial charge in [0.2, 0.25) is 6.41 Å². The van der Waals surface area contributed by atoms with Crippen LogP contribution in [0.15, 0.2) is 72.8 Å². The van der Waals surface area contributed by atoms with Crippen molar-refractivity contribution in [2.45, 2.75) is 19.5 Å². The topological polar surface area (TPSA) is 99.1 Å². The van der Waals surface area contributed by atoms with E-state index >= 15 is 0 Å². The summed E-state index contributed by atoms with van der Waals surface area (Å²) in [4.78, 5) is 23.1. The summed E-state index contributed by atoms with van der Waals surface area (Å²) in [6, 6.07) is 22.2. The molecule has 1 fully saturated rings. The molecule has 4 rings (SSSR count). The van der Waals surface area contributed by atoms with Crippen LogP contribution in [0.25, 0.3) is 11.1 Å². The number of phenols is 1. The van der Waals surface area contributed by atoms with Gasteiger partial charge in [-0.2, -0.15) is 0 Å².